The molecule has 0 atom stereocenters. The maximum absolute atomic E-state index is 9.46. The van der Waals surface area contributed by atoms with Gasteiger partial charge in [-0.05, 0) is 88.0 Å². The molecular weight excluding hydrogens is 631 g/mol. The molecule has 0 unspecified atom stereocenters. The Hall–Kier alpha value is -7.15. The van der Waals surface area contributed by atoms with Gasteiger partial charge in [0.25, 0.3) is 0 Å². The predicted molar refractivity (Wildman–Crippen MR) is 216 cm³/mol. The first-order valence-corrected chi connectivity index (χ1v) is 17.6. The molecule has 10 rings (SSSR count). The molecule has 3 heteroatoms. The molecule has 3 nitrogen and oxygen atoms in total. The van der Waals surface area contributed by atoms with Crippen molar-refractivity contribution in [3.05, 3.63) is 194 Å². The van der Waals surface area contributed by atoms with Gasteiger partial charge in [0.05, 0.1) is 33.7 Å². The summed E-state index contributed by atoms with van der Waals surface area (Å²) in [6, 6.07) is 69.3. The van der Waals surface area contributed by atoms with Crippen LogP contribution in [0.1, 0.15) is 5.56 Å². The second-order valence-electron chi connectivity index (χ2n) is 13.3. The van der Waals surface area contributed by atoms with Crippen molar-refractivity contribution in [2.24, 2.45) is 0 Å². The average Bonchev–Trinajstić information content (AvgIpc) is 3.74. The summed E-state index contributed by atoms with van der Waals surface area (Å²) < 4.78 is 4.83. The molecule has 0 aliphatic heterocycles. The Morgan fingerprint density at radius 3 is 1.08 bits per heavy atom. The van der Waals surface area contributed by atoms with Gasteiger partial charge in [-0.1, -0.05) is 133 Å². The van der Waals surface area contributed by atoms with Crippen LogP contribution in [0.2, 0.25) is 0 Å². The van der Waals surface area contributed by atoms with Crippen molar-refractivity contribution in [3.63, 3.8) is 0 Å². The second-order valence-corrected chi connectivity index (χ2v) is 13.3. The monoisotopic (exact) mass is 661 g/mol. The maximum Gasteiger partial charge on any atom is 0.0991 e. The number of fused-ring (bicyclic) bond motifs is 6. The molecule has 2 heterocycles. The lowest BCUT2D eigenvalue weighted by atomic mass is 9.89. The number of benzene rings is 8. The van der Waals surface area contributed by atoms with Gasteiger partial charge in [-0.2, -0.15) is 5.26 Å². The summed E-state index contributed by atoms with van der Waals surface area (Å²) >= 11 is 0. The van der Waals surface area contributed by atoms with Crippen LogP contribution in [0, 0.1) is 11.3 Å². The maximum atomic E-state index is 9.46. The first-order valence-electron chi connectivity index (χ1n) is 17.6. The van der Waals surface area contributed by atoms with Gasteiger partial charge < -0.3 is 9.13 Å². The highest BCUT2D eigenvalue weighted by Crippen LogP contribution is 2.42. The molecule has 0 amide bonds. The van der Waals surface area contributed by atoms with Crippen LogP contribution in [-0.4, -0.2) is 9.13 Å². The van der Waals surface area contributed by atoms with Gasteiger partial charge >= 0.3 is 0 Å². The summed E-state index contributed by atoms with van der Waals surface area (Å²) in [5.41, 5.74) is 14.3. The zero-order valence-electron chi connectivity index (χ0n) is 28.2. The van der Waals surface area contributed by atoms with Gasteiger partial charge in [-0.3, -0.25) is 0 Å². The van der Waals surface area contributed by atoms with Crippen LogP contribution >= 0.6 is 0 Å². The van der Waals surface area contributed by atoms with Crippen LogP contribution in [0.15, 0.2) is 188 Å². The van der Waals surface area contributed by atoms with E-state index >= 15 is 0 Å². The Kier molecular flexibility index (Phi) is 6.87. The fraction of sp³-hybridized carbons (Fsp3) is 0. The van der Waals surface area contributed by atoms with Gasteiger partial charge in [0.15, 0.2) is 0 Å². The summed E-state index contributed by atoms with van der Waals surface area (Å²) in [5, 5.41) is 14.4. The Bertz CT molecular complexity index is 2790. The van der Waals surface area contributed by atoms with Gasteiger partial charge in [0.2, 0.25) is 0 Å². The first-order chi connectivity index (χ1) is 25.8. The van der Waals surface area contributed by atoms with E-state index in [1.807, 2.05) is 24.3 Å². The molecule has 0 saturated heterocycles. The minimum atomic E-state index is 0.654. The van der Waals surface area contributed by atoms with E-state index < -0.39 is 0 Å². The Morgan fingerprint density at radius 1 is 0.327 bits per heavy atom. The largest absolute Gasteiger partial charge is 0.309 e. The van der Waals surface area contributed by atoms with Crippen LogP contribution in [0.5, 0.6) is 0 Å². The SMILES string of the molecule is N#Cc1ccc(-c2ccccc2-c2ccccc2-c2cc(-n3c4ccccc4c4ccccc43)cc(-n3c4ccccc4c4ccccc43)c2)cc1. The lowest BCUT2D eigenvalue weighted by molar-refractivity contribution is 1.13. The van der Waals surface area contributed by atoms with Crippen LogP contribution in [0.3, 0.4) is 0 Å². The van der Waals surface area contributed by atoms with Crippen molar-refractivity contribution in [3.8, 4) is 50.8 Å². The van der Waals surface area contributed by atoms with Crippen LogP contribution < -0.4 is 0 Å². The van der Waals surface area contributed by atoms with E-state index in [1.54, 1.807) is 0 Å². The standard InChI is InChI=1S/C49H31N3/c50-32-33-25-27-34(28-26-33)38-13-1-3-15-40(38)41-16-4-2-14-39(41)35-29-36(51-46-21-9-5-17-42(46)43-18-6-10-22-47(43)51)31-37(30-35)52-48-23-11-7-19-44(48)45-20-8-12-24-49(45)52/h1-31H. The van der Waals surface area contributed by atoms with Crippen LogP contribution in [0.4, 0.5) is 0 Å². The van der Waals surface area contributed by atoms with Crippen molar-refractivity contribution in [1.29, 1.82) is 5.26 Å². The molecule has 2 aromatic heterocycles. The van der Waals surface area contributed by atoms with Crippen molar-refractivity contribution < 1.29 is 0 Å². The molecule has 0 fully saturated rings. The van der Waals surface area contributed by atoms with E-state index in [-0.39, 0.29) is 0 Å². The Balaban J connectivity index is 1.28. The van der Waals surface area contributed by atoms with Crippen molar-refractivity contribution >= 4 is 43.6 Å². The van der Waals surface area contributed by atoms with Crippen molar-refractivity contribution in [2.75, 3.05) is 0 Å². The van der Waals surface area contributed by atoms with E-state index in [4.69, 9.17) is 0 Å². The molecule has 8 aromatic carbocycles. The summed E-state index contributed by atoms with van der Waals surface area (Å²) in [5.74, 6) is 0. The van der Waals surface area contributed by atoms with Gasteiger partial charge in [-0.25, -0.2) is 0 Å². The number of hydrogen-bond donors (Lipinski definition) is 0. The van der Waals surface area contributed by atoms with E-state index in [9.17, 15) is 5.26 Å². The molecular formula is C49H31N3. The molecule has 0 aliphatic rings. The molecule has 0 aliphatic carbocycles. The lowest BCUT2D eigenvalue weighted by Gasteiger charge is -2.18. The van der Waals surface area contributed by atoms with Crippen molar-refractivity contribution in [2.45, 2.75) is 0 Å². The molecule has 0 saturated carbocycles. The summed E-state index contributed by atoms with van der Waals surface area (Å²) in [7, 11) is 0. The lowest BCUT2D eigenvalue weighted by Crippen LogP contribution is -2.00. The molecule has 242 valence electrons. The summed E-state index contributed by atoms with van der Waals surface area (Å²) in [4.78, 5) is 0. The highest BCUT2D eigenvalue weighted by atomic mass is 15.0. The normalized spacial score (nSPS) is 11.4. The quantitative estimate of drug-likeness (QED) is 0.181. The third-order valence-corrected chi connectivity index (χ3v) is 10.4. The van der Waals surface area contributed by atoms with Crippen LogP contribution in [-0.2, 0) is 0 Å². The van der Waals surface area contributed by atoms with Crippen molar-refractivity contribution in [1.82, 2.24) is 9.13 Å². The summed E-state index contributed by atoms with van der Waals surface area (Å²) in [6.45, 7) is 0. The fourth-order valence-electron chi connectivity index (χ4n) is 8.07. The van der Waals surface area contributed by atoms with E-state index in [2.05, 4.69) is 179 Å². The van der Waals surface area contributed by atoms with Gasteiger partial charge in [0, 0.05) is 32.9 Å². The highest BCUT2D eigenvalue weighted by Gasteiger charge is 2.19. The van der Waals surface area contributed by atoms with E-state index in [0.717, 1.165) is 44.8 Å². The number of rotatable bonds is 5. The number of para-hydroxylation sites is 4. The Morgan fingerprint density at radius 2 is 0.673 bits per heavy atom. The minimum Gasteiger partial charge on any atom is -0.309 e. The number of hydrogen-bond acceptors (Lipinski definition) is 1. The highest BCUT2D eigenvalue weighted by molar-refractivity contribution is 6.11. The average molecular weight is 662 g/mol. The topological polar surface area (TPSA) is 33.6 Å². The van der Waals surface area contributed by atoms with Crippen LogP contribution in [0.25, 0.3) is 88.4 Å². The number of nitriles is 1. The molecule has 0 N–H and O–H groups in total. The zero-order chi connectivity index (χ0) is 34.6. The molecule has 52 heavy (non-hydrogen) atoms. The smallest absolute Gasteiger partial charge is 0.0991 e. The predicted octanol–water partition coefficient (Wildman–Crippen LogP) is 12.8. The molecule has 10 aromatic rings. The molecule has 0 spiro atoms. The Labute approximate surface area is 301 Å². The second kappa shape index (κ2) is 12.0. The molecule has 0 bridgehead atoms. The molecule has 0 radical (unpaired) electrons. The minimum absolute atomic E-state index is 0.654. The van der Waals surface area contributed by atoms with Gasteiger partial charge in [-0.15, -0.1) is 0 Å². The fourth-order valence-corrected chi connectivity index (χ4v) is 8.07. The van der Waals surface area contributed by atoms with E-state index in [0.29, 0.717) is 5.56 Å². The number of aromatic nitrogens is 2. The zero-order valence-corrected chi connectivity index (χ0v) is 28.2. The number of nitrogens with zero attached hydrogens (tertiary/aromatic N) is 3. The first kappa shape index (κ1) is 29.7. The van der Waals surface area contributed by atoms with Gasteiger partial charge in [0.1, 0.15) is 0 Å². The third kappa shape index (κ3) is 4.66. The third-order valence-electron chi connectivity index (χ3n) is 10.4. The summed E-state index contributed by atoms with van der Waals surface area (Å²) in [6.07, 6.45) is 0. The van der Waals surface area contributed by atoms with E-state index in [1.165, 1.54) is 43.6 Å².